The van der Waals surface area contributed by atoms with Crippen LogP contribution in [0.3, 0.4) is 0 Å². The van der Waals surface area contributed by atoms with Crippen molar-refractivity contribution in [1.82, 2.24) is 14.5 Å². The number of aromatic nitrogens is 2. The molecule has 2 heterocycles. The number of ether oxygens (including phenoxy) is 2. The van der Waals surface area contributed by atoms with Crippen LogP contribution < -0.4 is 14.8 Å². The lowest BCUT2D eigenvalue weighted by molar-refractivity contribution is 0.0716. The van der Waals surface area contributed by atoms with Crippen molar-refractivity contribution in [3.63, 3.8) is 0 Å². The van der Waals surface area contributed by atoms with E-state index >= 15 is 0 Å². The zero-order valence-corrected chi connectivity index (χ0v) is 20.0. The van der Waals surface area contributed by atoms with Crippen LogP contribution in [0.25, 0.3) is 0 Å². The highest BCUT2D eigenvalue weighted by Crippen LogP contribution is 2.35. The van der Waals surface area contributed by atoms with E-state index < -0.39 is 22.0 Å². The Labute approximate surface area is 207 Å². The van der Waals surface area contributed by atoms with Crippen LogP contribution in [0.2, 0.25) is 0 Å². The van der Waals surface area contributed by atoms with Gasteiger partial charge in [-0.2, -0.15) is 4.31 Å². The Balaban J connectivity index is 1.22. The second-order valence-corrected chi connectivity index (χ2v) is 10.1. The molecule has 4 aromatic rings. The molecule has 1 unspecified atom stereocenters. The van der Waals surface area contributed by atoms with E-state index in [0.29, 0.717) is 11.5 Å². The third kappa shape index (κ3) is 4.92. The van der Waals surface area contributed by atoms with Crippen molar-refractivity contribution in [2.24, 2.45) is 0 Å². The number of fused-ring (bicyclic) bond motifs is 1. The predicted octanol–water partition coefficient (Wildman–Crippen LogP) is 3.66. The second kappa shape index (κ2) is 9.80. The van der Waals surface area contributed by atoms with Gasteiger partial charge < -0.3 is 13.9 Å². The minimum Gasteiger partial charge on any atom is -0.485 e. The van der Waals surface area contributed by atoms with Crippen LogP contribution in [-0.2, 0) is 16.6 Å². The SMILES string of the molecule is CN(Cc1ccccc1)S(=O)(=O)c1ccc(C(=O)Nc2nnc(C3COc4ccccc4O3)o2)cc1. The molecule has 1 aliphatic rings. The number of nitrogens with one attached hydrogen (secondary N) is 1. The van der Waals surface area contributed by atoms with Gasteiger partial charge in [-0.1, -0.05) is 47.6 Å². The first-order valence-electron chi connectivity index (χ1n) is 11.0. The number of nitrogens with zero attached hydrogens (tertiary/aromatic N) is 3. The highest BCUT2D eigenvalue weighted by molar-refractivity contribution is 7.89. The fourth-order valence-electron chi connectivity index (χ4n) is 3.61. The second-order valence-electron chi connectivity index (χ2n) is 8.03. The summed E-state index contributed by atoms with van der Waals surface area (Å²) < 4.78 is 44.1. The number of rotatable bonds is 7. The molecule has 5 rings (SSSR count). The van der Waals surface area contributed by atoms with Crippen molar-refractivity contribution in [3.05, 3.63) is 95.9 Å². The summed E-state index contributed by atoms with van der Waals surface area (Å²) in [5.74, 6) is 0.807. The lowest BCUT2D eigenvalue weighted by Gasteiger charge is -2.23. The maximum absolute atomic E-state index is 12.9. The summed E-state index contributed by atoms with van der Waals surface area (Å²) in [5.41, 5.74) is 1.10. The summed E-state index contributed by atoms with van der Waals surface area (Å²) in [7, 11) is -2.22. The summed E-state index contributed by atoms with van der Waals surface area (Å²) in [6, 6.07) is 22.0. The van der Waals surface area contributed by atoms with Gasteiger partial charge in [-0.25, -0.2) is 8.42 Å². The van der Waals surface area contributed by atoms with Gasteiger partial charge in [0.25, 0.3) is 11.8 Å². The third-order valence-electron chi connectivity index (χ3n) is 5.52. The van der Waals surface area contributed by atoms with Gasteiger partial charge in [0.05, 0.1) is 4.90 Å². The summed E-state index contributed by atoms with van der Waals surface area (Å²) in [6.07, 6.45) is -0.615. The number of sulfonamides is 1. The van der Waals surface area contributed by atoms with Crippen molar-refractivity contribution in [2.45, 2.75) is 17.5 Å². The molecule has 0 aliphatic carbocycles. The first kappa shape index (κ1) is 23.5. The molecule has 0 saturated carbocycles. The number of benzene rings is 3. The number of hydrogen-bond acceptors (Lipinski definition) is 8. The zero-order valence-electron chi connectivity index (χ0n) is 19.2. The van der Waals surface area contributed by atoms with Crippen LogP contribution >= 0.6 is 0 Å². The average molecular weight is 507 g/mol. The van der Waals surface area contributed by atoms with E-state index in [-0.39, 0.29) is 35.5 Å². The summed E-state index contributed by atoms with van der Waals surface area (Å²) in [6.45, 7) is 0.410. The number of carbonyl (C=O) groups excluding carboxylic acids is 1. The molecule has 0 spiro atoms. The molecular weight excluding hydrogens is 484 g/mol. The zero-order chi connectivity index (χ0) is 25.1. The Bertz CT molecular complexity index is 1470. The fourth-order valence-corrected chi connectivity index (χ4v) is 4.77. The van der Waals surface area contributed by atoms with Gasteiger partial charge in [0, 0.05) is 19.2 Å². The van der Waals surface area contributed by atoms with Crippen LogP contribution in [0.5, 0.6) is 11.5 Å². The molecule has 0 radical (unpaired) electrons. The highest BCUT2D eigenvalue weighted by atomic mass is 32.2. The number of hydrogen-bond donors (Lipinski definition) is 1. The molecule has 184 valence electrons. The van der Waals surface area contributed by atoms with Crippen LogP contribution in [0.4, 0.5) is 6.01 Å². The van der Waals surface area contributed by atoms with Crippen molar-refractivity contribution >= 4 is 21.9 Å². The third-order valence-corrected chi connectivity index (χ3v) is 7.34. The Morgan fingerprint density at radius 2 is 1.67 bits per heavy atom. The van der Waals surface area contributed by atoms with E-state index in [1.54, 1.807) is 12.1 Å². The lowest BCUT2D eigenvalue weighted by atomic mass is 10.2. The normalized spacial score (nSPS) is 15.0. The number of para-hydroxylation sites is 2. The van der Waals surface area contributed by atoms with E-state index in [2.05, 4.69) is 15.5 Å². The smallest absolute Gasteiger partial charge is 0.322 e. The van der Waals surface area contributed by atoms with Crippen LogP contribution in [-0.4, -0.2) is 42.5 Å². The van der Waals surface area contributed by atoms with Crippen molar-refractivity contribution in [1.29, 1.82) is 0 Å². The van der Waals surface area contributed by atoms with Gasteiger partial charge >= 0.3 is 6.01 Å². The monoisotopic (exact) mass is 506 g/mol. The Morgan fingerprint density at radius 3 is 2.42 bits per heavy atom. The first-order chi connectivity index (χ1) is 17.4. The molecule has 1 N–H and O–H groups in total. The van der Waals surface area contributed by atoms with Gasteiger partial charge in [0.15, 0.2) is 11.5 Å². The van der Waals surface area contributed by atoms with E-state index in [1.807, 2.05) is 42.5 Å². The van der Waals surface area contributed by atoms with E-state index in [1.165, 1.54) is 35.6 Å². The highest BCUT2D eigenvalue weighted by Gasteiger charge is 2.28. The minimum atomic E-state index is -3.73. The number of carbonyl (C=O) groups is 1. The van der Waals surface area contributed by atoms with Crippen LogP contribution in [0.1, 0.15) is 27.9 Å². The Morgan fingerprint density at radius 1 is 0.972 bits per heavy atom. The molecule has 36 heavy (non-hydrogen) atoms. The molecule has 1 amide bonds. The molecule has 0 bridgehead atoms. The molecule has 1 aromatic heterocycles. The number of anilines is 1. The van der Waals surface area contributed by atoms with Gasteiger partial charge in [0.2, 0.25) is 16.1 Å². The topological polar surface area (TPSA) is 124 Å². The molecule has 0 saturated heterocycles. The average Bonchev–Trinajstić information content (AvgIpc) is 3.37. The van der Waals surface area contributed by atoms with Crippen LogP contribution in [0.15, 0.2) is 88.2 Å². The first-order valence-corrected chi connectivity index (χ1v) is 12.5. The summed E-state index contributed by atoms with van der Waals surface area (Å²) in [5, 5.41) is 10.3. The molecule has 3 aromatic carbocycles. The summed E-state index contributed by atoms with van der Waals surface area (Å²) in [4.78, 5) is 12.7. The van der Waals surface area contributed by atoms with E-state index in [4.69, 9.17) is 13.9 Å². The quantitative estimate of drug-likeness (QED) is 0.403. The standard InChI is InChI=1S/C25H22N4O6S/c1-29(15-17-7-3-2-4-8-17)36(31,32)19-13-11-18(12-14-19)23(30)26-25-28-27-24(35-25)22-16-33-20-9-5-6-10-21(20)34-22/h2-14,22H,15-16H2,1H3,(H,26,28,30). The molecular formula is C25H22N4O6S. The molecule has 0 fully saturated rings. The van der Waals surface area contributed by atoms with Crippen molar-refractivity contribution < 1.29 is 27.1 Å². The van der Waals surface area contributed by atoms with E-state index in [0.717, 1.165) is 5.56 Å². The largest absolute Gasteiger partial charge is 0.485 e. The maximum Gasteiger partial charge on any atom is 0.322 e. The predicted molar refractivity (Wildman–Crippen MR) is 129 cm³/mol. The molecule has 10 nitrogen and oxygen atoms in total. The fraction of sp³-hybridized carbons (Fsp3) is 0.160. The molecule has 11 heteroatoms. The minimum absolute atomic E-state index is 0.0762. The Hall–Kier alpha value is -4.22. The molecule has 1 atom stereocenters. The van der Waals surface area contributed by atoms with E-state index in [9.17, 15) is 13.2 Å². The maximum atomic E-state index is 12.9. The van der Waals surface area contributed by atoms with Crippen molar-refractivity contribution in [2.75, 3.05) is 19.0 Å². The van der Waals surface area contributed by atoms with Gasteiger partial charge in [-0.15, -0.1) is 5.10 Å². The van der Waals surface area contributed by atoms with Gasteiger partial charge in [-0.05, 0) is 42.0 Å². The number of amides is 1. The summed E-state index contributed by atoms with van der Waals surface area (Å²) >= 11 is 0. The van der Waals surface area contributed by atoms with Crippen molar-refractivity contribution in [3.8, 4) is 11.5 Å². The van der Waals surface area contributed by atoms with Gasteiger partial charge in [-0.3, -0.25) is 10.1 Å². The molecule has 1 aliphatic heterocycles. The van der Waals surface area contributed by atoms with Gasteiger partial charge in [0.1, 0.15) is 6.61 Å². The Kier molecular flexibility index (Phi) is 6.40. The van der Waals surface area contributed by atoms with Crippen LogP contribution in [0, 0.1) is 0 Å². The lowest BCUT2D eigenvalue weighted by Crippen LogP contribution is -2.26.